The summed E-state index contributed by atoms with van der Waals surface area (Å²) in [4.78, 5) is 32.8. The van der Waals surface area contributed by atoms with E-state index in [0.717, 1.165) is 89.7 Å². The van der Waals surface area contributed by atoms with Crippen LogP contribution in [-0.2, 0) is 19.5 Å². The summed E-state index contributed by atoms with van der Waals surface area (Å²) in [6.45, 7) is 14.2. The Morgan fingerprint density at radius 1 is 1.03 bits per heavy atom. The molecule has 3 aliphatic heterocycles. The van der Waals surface area contributed by atoms with Crippen LogP contribution in [-0.4, -0.2) is 135 Å². The van der Waals surface area contributed by atoms with Gasteiger partial charge in [0.2, 0.25) is 0 Å². The summed E-state index contributed by atoms with van der Waals surface area (Å²) >= 11 is 0. The Balaban J connectivity index is 0.835. The van der Waals surface area contributed by atoms with Gasteiger partial charge in [0.1, 0.15) is 27.9 Å². The molecule has 5 N–H and O–H groups in total. The molecule has 5 aliphatic rings. The summed E-state index contributed by atoms with van der Waals surface area (Å²) in [6, 6.07) is 17.5. The standard InChI is InChI=1S/C54H70FN9O8S/c1-35(2)42-7-5-6-8-43(42)48-33-62(32-40-34-70-21-22-71-40)19-20-64(48)38-26-54(27-38)15-17-63(18-16-54)37-9-10-44(49(23-37)72-39-24-45-46(55)31-59-50(45)57-29-39)52(65)60-73(68,69)41-25-47(61(4)67)51(58-30-41)56-28-36-11-13-53(3,66)14-12-36/h5-10,23-25,29-31,35-36,38,40,48,61,66H,11-22,26-28,32-34H2,1-4H3,(H,56,58)(H,57,59)(H,60,65)/t36?,40-,48-,53?/m0/s1. The van der Waals surface area contributed by atoms with Gasteiger partial charge in [0, 0.05) is 81.9 Å². The number of rotatable bonds is 15. The number of hydrogen-bond donors (Lipinski definition) is 5. The van der Waals surface area contributed by atoms with Gasteiger partial charge in [-0.15, -0.1) is 0 Å². The Morgan fingerprint density at radius 2 is 1.81 bits per heavy atom. The predicted octanol–water partition coefficient (Wildman–Crippen LogP) is 6.65. The summed E-state index contributed by atoms with van der Waals surface area (Å²) < 4.78 is 62.8. The van der Waals surface area contributed by atoms with Crippen molar-refractivity contribution in [3.63, 3.8) is 0 Å². The molecule has 3 atom stereocenters. The first-order valence-electron chi connectivity index (χ1n) is 26.0. The molecular weight excluding hydrogens is 954 g/mol. The van der Waals surface area contributed by atoms with E-state index in [9.17, 15) is 27.9 Å². The molecular formula is C54H70FN9O8S. The number of pyridine rings is 2. The quantitative estimate of drug-likeness (QED) is 0.0698. The van der Waals surface area contributed by atoms with Crippen LogP contribution in [0.25, 0.3) is 11.0 Å². The molecule has 3 saturated heterocycles. The van der Waals surface area contributed by atoms with Crippen LogP contribution in [0.5, 0.6) is 11.5 Å². The molecule has 3 aromatic heterocycles. The first kappa shape index (κ1) is 51.2. The molecule has 392 valence electrons. The fourth-order valence-electron chi connectivity index (χ4n) is 11.9. The molecule has 5 aromatic rings. The second kappa shape index (κ2) is 21.2. The first-order chi connectivity index (χ1) is 35.0. The number of aliphatic hydroxyl groups is 1. The van der Waals surface area contributed by atoms with Gasteiger partial charge in [-0.2, -0.15) is 0 Å². The van der Waals surface area contributed by atoms with E-state index in [1.165, 1.54) is 42.7 Å². The summed E-state index contributed by atoms with van der Waals surface area (Å²) in [5, 5.41) is 26.2. The third-order valence-electron chi connectivity index (χ3n) is 16.2. The number of carbonyl (C=O) groups is 1. The highest BCUT2D eigenvalue weighted by atomic mass is 32.2. The number of anilines is 2. The number of piperazine rings is 1. The fourth-order valence-corrected chi connectivity index (χ4v) is 12.9. The minimum absolute atomic E-state index is 0.0621. The van der Waals surface area contributed by atoms with Crippen molar-refractivity contribution in [3.8, 4) is 11.5 Å². The zero-order valence-electron chi connectivity index (χ0n) is 42.4. The number of hydroxylamine groups is 1. The first-order valence-corrected chi connectivity index (χ1v) is 27.5. The zero-order valence-corrected chi connectivity index (χ0v) is 43.2. The average Bonchev–Trinajstić information content (AvgIpc) is 3.74. The van der Waals surface area contributed by atoms with Gasteiger partial charge in [-0.05, 0) is 105 Å². The monoisotopic (exact) mass is 1020 g/mol. The molecule has 73 heavy (non-hydrogen) atoms. The second-order valence-corrected chi connectivity index (χ2v) is 23.5. The van der Waals surface area contributed by atoms with Crippen LogP contribution in [0.4, 0.5) is 21.6 Å². The van der Waals surface area contributed by atoms with E-state index in [1.807, 2.05) is 6.92 Å². The van der Waals surface area contributed by atoms with Crippen molar-refractivity contribution in [1.82, 2.24) is 29.5 Å². The molecule has 5 fully saturated rings. The van der Waals surface area contributed by atoms with Crippen molar-refractivity contribution in [2.75, 3.05) is 82.9 Å². The maximum Gasteiger partial charge on any atom is 0.268 e. The van der Waals surface area contributed by atoms with Gasteiger partial charge in [-0.1, -0.05) is 38.1 Å². The minimum Gasteiger partial charge on any atom is -0.629 e. The lowest BCUT2D eigenvalue weighted by Gasteiger charge is -2.58. The smallest absolute Gasteiger partial charge is 0.268 e. The molecule has 6 heterocycles. The molecule has 0 radical (unpaired) electrons. The Morgan fingerprint density at radius 3 is 2.55 bits per heavy atom. The van der Waals surface area contributed by atoms with Crippen LogP contribution < -0.4 is 24.7 Å². The number of hydrogen-bond acceptors (Lipinski definition) is 14. The Bertz CT molecular complexity index is 2870. The number of quaternary nitrogens is 1. The van der Waals surface area contributed by atoms with Crippen molar-refractivity contribution in [3.05, 3.63) is 101 Å². The number of fused-ring (bicyclic) bond motifs is 1. The summed E-state index contributed by atoms with van der Waals surface area (Å²) in [5.41, 5.74) is 3.47. The zero-order chi connectivity index (χ0) is 51.1. The average molecular weight is 1020 g/mol. The maximum absolute atomic E-state index is 14.7. The highest BCUT2D eigenvalue weighted by molar-refractivity contribution is 7.90. The lowest BCUT2D eigenvalue weighted by molar-refractivity contribution is -0.751. The normalized spacial score (nSPS) is 24.7. The van der Waals surface area contributed by atoms with E-state index in [2.05, 4.69) is 77.8 Å². The van der Waals surface area contributed by atoms with Gasteiger partial charge >= 0.3 is 0 Å². The van der Waals surface area contributed by atoms with Gasteiger partial charge in [0.15, 0.2) is 11.5 Å². The molecule has 1 spiro atoms. The number of sulfonamides is 1. The van der Waals surface area contributed by atoms with Crippen molar-refractivity contribution in [1.29, 1.82) is 0 Å². The van der Waals surface area contributed by atoms with Crippen LogP contribution in [0, 0.1) is 22.4 Å². The van der Waals surface area contributed by atoms with Crippen molar-refractivity contribution < 1.29 is 42.0 Å². The SMILES string of the molecule is CC(C)c1ccccc1[C@@H]1CN(C[C@H]2COCCO2)CCN1C1CC2(CCN(c3ccc(C(=O)NS(=O)(=O)c4cnc(NCC5CCC(C)(O)CC5)c([NH+](C)[O-])c4)c(Oc4cnc5[nH]cc(F)c5c4)c3)CC2)C1. The number of amides is 1. The Kier molecular flexibility index (Phi) is 14.9. The highest BCUT2D eigenvalue weighted by Gasteiger charge is 2.50. The number of ether oxygens (including phenoxy) is 3. The number of nitrogens with one attached hydrogen (secondary N) is 4. The number of nitrogens with zero attached hydrogens (tertiary/aromatic N) is 5. The second-order valence-electron chi connectivity index (χ2n) is 21.8. The van der Waals surface area contributed by atoms with E-state index < -0.39 is 32.4 Å². The number of piperidine rings is 1. The molecule has 1 amide bonds. The number of aromatic amines is 1. The highest BCUT2D eigenvalue weighted by Crippen LogP contribution is 2.53. The maximum atomic E-state index is 14.7. The van der Waals surface area contributed by atoms with E-state index in [1.54, 1.807) is 18.2 Å². The van der Waals surface area contributed by atoms with Crippen molar-refractivity contribution >= 4 is 44.2 Å². The molecule has 17 nitrogen and oxygen atoms in total. The van der Waals surface area contributed by atoms with Crippen LogP contribution >= 0.6 is 0 Å². The molecule has 2 aliphatic carbocycles. The number of aromatic nitrogens is 3. The van der Waals surface area contributed by atoms with Gasteiger partial charge in [-0.25, -0.2) is 27.5 Å². The van der Waals surface area contributed by atoms with Crippen molar-refractivity contribution in [2.45, 2.75) is 107 Å². The van der Waals surface area contributed by atoms with E-state index in [0.29, 0.717) is 56.8 Å². The van der Waals surface area contributed by atoms with Crippen LogP contribution in [0.15, 0.2) is 78.1 Å². The molecule has 2 aromatic carbocycles. The Labute approximate surface area is 427 Å². The number of benzene rings is 2. The fraction of sp³-hybridized carbons (Fsp3) is 0.537. The van der Waals surface area contributed by atoms with Crippen LogP contribution in [0.1, 0.15) is 106 Å². The van der Waals surface area contributed by atoms with Gasteiger partial charge in [0.05, 0.1) is 61.9 Å². The minimum atomic E-state index is -4.55. The molecule has 2 saturated carbocycles. The van der Waals surface area contributed by atoms with E-state index >= 15 is 0 Å². The van der Waals surface area contributed by atoms with E-state index in [4.69, 9.17) is 14.2 Å². The molecule has 1 unspecified atom stereocenters. The summed E-state index contributed by atoms with van der Waals surface area (Å²) in [7, 11) is -3.22. The van der Waals surface area contributed by atoms with Crippen LogP contribution in [0.3, 0.4) is 0 Å². The van der Waals surface area contributed by atoms with Gasteiger partial charge in [-0.3, -0.25) is 14.6 Å². The largest absolute Gasteiger partial charge is 0.629 e. The number of H-pyrrole nitrogens is 1. The number of halogens is 1. The third-order valence-corrected chi connectivity index (χ3v) is 17.5. The molecule has 0 bridgehead atoms. The predicted molar refractivity (Wildman–Crippen MR) is 276 cm³/mol. The van der Waals surface area contributed by atoms with Crippen molar-refractivity contribution in [2.24, 2.45) is 11.3 Å². The van der Waals surface area contributed by atoms with E-state index in [-0.39, 0.29) is 62.3 Å². The molecule has 10 rings (SSSR count). The van der Waals surface area contributed by atoms with Gasteiger partial charge < -0.3 is 44.8 Å². The van der Waals surface area contributed by atoms with Crippen LogP contribution in [0.2, 0.25) is 0 Å². The lowest BCUT2D eigenvalue weighted by atomic mass is 9.59. The lowest BCUT2D eigenvalue weighted by Crippen LogP contribution is -2.98. The number of carbonyl (C=O) groups excluding carboxylic acids is 1. The topological polar surface area (TPSA) is 202 Å². The summed E-state index contributed by atoms with van der Waals surface area (Å²) in [6.07, 6.45) is 11.0. The Hall–Kier alpha value is -5.25. The summed E-state index contributed by atoms with van der Waals surface area (Å²) in [5.74, 6) is -0.360. The van der Waals surface area contributed by atoms with Gasteiger partial charge in [0.25, 0.3) is 15.9 Å². The molecule has 19 heteroatoms. The third kappa shape index (κ3) is 11.4.